The van der Waals surface area contributed by atoms with Gasteiger partial charge in [-0.3, -0.25) is 0 Å². The molecule has 0 aliphatic heterocycles. The lowest BCUT2D eigenvalue weighted by atomic mass is 10.1. The van der Waals surface area contributed by atoms with Crippen LogP contribution in [-0.4, -0.2) is 9.97 Å². The second kappa shape index (κ2) is 4.61. The molecule has 0 unspecified atom stereocenters. The minimum Gasteiger partial charge on any atom is -0.439 e. The third kappa shape index (κ3) is 2.58. The van der Waals surface area contributed by atoms with E-state index in [1.165, 1.54) is 11.9 Å². The first-order valence-corrected chi connectivity index (χ1v) is 5.67. The van der Waals surface area contributed by atoms with Crippen molar-refractivity contribution in [2.75, 3.05) is 0 Å². The molecular weight excluding hydrogens is 268 g/mol. The molecule has 0 amide bonds. The smallest absolute Gasteiger partial charge is 0.223 e. The van der Waals surface area contributed by atoms with Crippen LogP contribution in [0.3, 0.4) is 0 Å². The monoisotopic (exact) mass is 278 g/mol. The van der Waals surface area contributed by atoms with Gasteiger partial charge in [0.05, 0.1) is 0 Å². The Balaban J connectivity index is 2.27. The Morgan fingerprint density at radius 2 is 1.94 bits per heavy atom. The summed E-state index contributed by atoms with van der Waals surface area (Å²) in [6.45, 7) is 4.07. The molecule has 4 heteroatoms. The van der Waals surface area contributed by atoms with E-state index in [4.69, 9.17) is 4.74 Å². The molecule has 82 valence electrons. The molecule has 0 radical (unpaired) electrons. The zero-order chi connectivity index (χ0) is 11.5. The van der Waals surface area contributed by atoms with Gasteiger partial charge in [-0.2, -0.15) is 0 Å². The number of aromatic nitrogens is 2. The maximum Gasteiger partial charge on any atom is 0.223 e. The van der Waals surface area contributed by atoms with E-state index >= 15 is 0 Å². The van der Waals surface area contributed by atoms with Gasteiger partial charge in [-0.25, -0.2) is 9.97 Å². The summed E-state index contributed by atoms with van der Waals surface area (Å²) < 4.78 is 6.37. The second-order valence-corrected chi connectivity index (χ2v) is 4.36. The van der Waals surface area contributed by atoms with E-state index in [1.54, 1.807) is 6.07 Å². The number of ether oxygens (including phenoxy) is 1. The summed E-state index contributed by atoms with van der Waals surface area (Å²) in [7, 11) is 0. The maximum atomic E-state index is 5.66. The summed E-state index contributed by atoms with van der Waals surface area (Å²) in [5.74, 6) is 1.35. The van der Waals surface area contributed by atoms with E-state index in [-0.39, 0.29) is 0 Å². The molecule has 0 bridgehead atoms. The van der Waals surface area contributed by atoms with Crippen LogP contribution < -0.4 is 4.74 Å². The minimum atomic E-state index is 0.536. The van der Waals surface area contributed by atoms with Gasteiger partial charge < -0.3 is 4.74 Å². The van der Waals surface area contributed by atoms with Gasteiger partial charge >= 0.3 is 0 Å². The van der Waals surface area contributed by atoms with Crippen molar-refractivity contribution in [3.05, 3.63) is 46.3 Å². The highest BCUT2D eigenvalue weighted by Gasteiger charge is 2.03. The van der Waals surface area contributed by atoms with Crippen molar-refractivity contribution in [1.82, 2.24) is 9.97 Å². The van der Waals surface area contributed by atoms with Crippen LogP contribution in [-0.2, 0) is 0 Å². The zero-order valence-corrected chi connectivity index (χ0v) is 10.7. The van der Waals surface area contributed by atoms with Crippen LogP contribution in [0.25, 0.3) is 0 Å². The van der Waals surface area contributed by atoms with Gasteiger partial charge in [-0.15, -0.1) is 0 Å². The summed E-state index contributed by atoms with van der Waals surface area (Å²) in [5.41, 5.74) is 2.31. The number of hydrogen-bond acceptors (Lipinski definition) is 3. The van der Waals surface area contributed by atoms with Crippen molar-refractivity contribution >= 4 is 15.9 Å². The molecule has 0 aliphatic rings. The standard InChI is InChI=1S/C12H11BrN2O/c1-8-3-4-10(9(2)5-8)16-12-6-11(13)14-7-15-12/h3-7H,1-2H3. The predicted octanol–water partition coefficient (Wildman–Crippen LogP) is 3.65. The lowest BCUT2D eigenvalue weighted by Crippen LogP contribution is -1.91. The predicted molar refractivity (Wildman–Crippen MR) is 65.7 cm³/mol. The van der Waals surface area contributed by atoms with Crippen molar-refractivity contribution in [1.29, 1.82) is 0 Å². The molecule has 1 aromatic heterocycles. The first kappa shape index (κ1) is 11.1. The molecule has 0 saturated carbocycles. The molecule has 2 aromatic rings. The third-order valence-corrected chi connectivity index (χ3v) is 2.59. The van der Waals surface area contributed by atoms with Crippen LogP contribution >= 0.6 is 15.9 Å². The molecule has 0 fully saturated rings. The Bertz CT molecular complexity index is 514. The van der Waals surface area contributed by atoms with Gasteiger partial charge in [0.25, 0.3) is 0 Å². The van der Waals surface area contributed by atoms with E-state index < -0.39 is 0 Å². The van der Waals surface area contributed by atoms with Crippen LogP contribution in [0, 0.1) is 13.8 Å². The molecular formula is C12H11BrN2O. The first-order chi connectivity index (χ1) is 7.65. The molecule has 0 N–H and O–H groups in total. The van der Waals surface area contributed by atoms with Crippen molar-refractivity contribution in [2.24, 2.45) is 0 Å². The molecule has 0 saturated heterocycles. The number of benzene rings is 1. The average molecular weight is 279 g/mol. The highest BCUT2D eigenvalue weighted by molar-refractivity contribution is 9.10. The molecule has 1 aromatic carbocycles. The van der Waals surface area contributed by atoms with Gasteiger partial charge in [-0.05, 0) is 41.4 Å². The SMILES string of the molecule is Cc1ccc(Oc2cc(Br)ncn2)c(C)c1. The van der Waals surface area contributed by atoms with Gasteiger partial charge in [0.15, 0.2) is 0 Å². The van der Waals surface area contributed by atoms with E-state index in [0.717, 1.165) is 11.3 Å². The Kier molecular flexibility index (Phi) is 3.19. The van der Waals surface area contributed by atoms with Gasteiger partial charge in [-0.1, -0.05) is 17.7 Å². The van der Waals surface area contributed by atoms with Gasteiger partial charge in [0.2, 0.25) is 5.88 Å². The first-order valence-electron chi connectivity index (χ1n) is 4.88. The quantitative estimate of drug-likeness (QED) is 0.787. The lowest BCUT2D eigenvalue weighted by molar-refractivity contribution is 0.457. The summed E-state index contributed by atoms with van der Waals surface area (Å²) in [6, 6.07) is 7.77. The van der Waals surface area contributed by atoms with Crippen LogP contribution in [0.5, 0.6) is 11.6 Å². The fourth-order valence-electron chi connectivity index (χ4n) is 1.40. The highest BCUT2D eigenvalue weighted by Crippen LogP contribution is 2.24. The highest BCUT2D eigenvalue weighted by atomic mass is 79.9. The second-order valence-electron chi connectivity index (χ2n) is 3.55. The largest absolute Gasteiger partial charge is 0.439 e. The van der Waals surface area contributed by atoms with Crippen LogP contribution in [0.15, 0.2) is 35.2 Å². The molecule has 16 heavy (non-hydrogen) atoms. The van der Waals surface area contributed by atoms with E-state index in [0.29, 0.717) is 10.5 Å². The Hall–Kier alpha value is -1.42. The molecule has 0 spiro atoms. The summed E-state index contributed by atoms with van der Waals surface area (Å²) in [5, 5.41) is 0. The third-order valence-electron chi connectivity index (χ3n) is 2.15. The van der Waals surface area contributed by atoms with E-state index in [1.807, 2.05) is 19.1 Å². The Morgan fingerprint density at radius 1 is 1.12 bits per heavy atom. The lowest BCUT2D eigenvalue weighted by Gasteiger charge is -2.08. The van der Waals surface area contributed by atoms with Crippen molar-refractivity contribution < 1.29 is 4.74 Å². The normalized spacial score (nSPS) is 10.2. The number of nitrogens with zero attached hydrogens (tertiary/aromatic N) is 2. The van der Waals surface area contributed by atoms with Crippen LogP contribution in [0.1, 0.15) is 11.1 Å². The van der Waals surface area contributed by atoms with E-state index in [2.05, 4.69) is 38.9 Å². The molecule has 0 atom stereocenters. The summed E-state index contributed by atoms with van der Waals surface area (Å²) >= 11 is 3.27. The molecule has 1 heterocycles. The number of aryl methyl sites for hydroxylation is 2. The fourth-order valence-corrected chi connectivity index (χ4v) is 1.69. The van der Waals surface area contributed by atoms with Gasteiger partial charge in [0.1, 0.15) is 16.7 Å². The molecule has 3 nitrogen and oxygen atoms in total. The Morgan fingerprint density at radius 3 is 2.62 bits per heavy atom. The van der Waals surface area contributed by atoms with Gasteiger partial charge in [0, 0.05) is 6.07 Å². The number of hydrogen-bond donors (Lipinski definition) is 0. The van der Waals surface area contributed by atoms with Crippen LogP contribution in [0.4, 0.5) is 0 Å². The van der Waals surface area contributed by atoms with Crippen molar-refractivity contribution in [2.45, 2.75) is 13.8 Å². The molecule has 2 rings (SSSR count). The molecule has 0 aliphatic carbocycles. The average Bonchev–Trinajstić information content (AvgIpc) is 2.22. The topological polar surface area (TPSA) is 35.0 Å². The van der Waals surface area contributed by atoms with Crippen molar-refractivity contribution in [3.63, 3.8) is 0 Å². The number of rotatable bonds is 2. The summed E-state index contributed by atoms with van der Waals surface area (Å²) in [6.07, 6.45) is 1.46. The number of halogens is 1. The van der Waals surface area contributed by atoms with E-state index in [9.17, 15) is 0 Å². The Labute approximate surface area is 103 Å². The van der Waals surface area contributed by atoms with Crippen molar-refractivity contribution in [3.8, 4) is 11.6 Å². The maximum absolute atomic E-state index is 5.66. The minimum absolute atomic E-state index is 0.536. The zero-order valence-electron chi connectivity index (χ0n) is 9.07. The van der Waals surface area contributed by atoms with Crippen LogP contribution in [0.2, 0.25) is 0 Å². The summed E-state index contributed by atoms with van der Waals surface area (Å²) in [4.78, 5) is 7.98. The fraction of sp³-hybridized carbons (Fsp3) is 0.167.